The van der Waals surface area contributed by atoms with E-state index in [1.165, 1.54) is 29.6 Å². The molecule has 4 rings (SSSR count). The van der Waals surface area contributed by atoms with Gasteiger partial charge in [0.15, 0.2) is 11.5 Å². The van der Waals surface area contributed by atoms with E-state index >= 15 is 0 Å². The Kier molecular flexibility index (Phi) is 5.79. The van der Waals surface area contributed by atoms with Crippen LogP contribution < -0.4 is 13.8 Å². The number of ether oxygens (including phenoxy) is 3. The second-order valence-electron chi connectivity index (χ2n) is 7.09. The van der Waals surface area contributed by atoms with Gasteiger partial charge in [0.2, 0.25) is 0 Å². The minimum absolute atomic E-state index is 0.00185. The molecule has 0 N–H and O–H groups in total. The van der Waals surface area contributed by atoms with Gasteiger partial charge in [0.25, 0.3) is 10.0 Å². The van der Waals surface area contributed by atoms with E-state index in [-0.39, 0.29) is 41.4 Å². The van der Waals surface area contributed by atoms with Crippen LogP contribution >= 0.6 is 0 Å². The summed E-state index contributed by atoms with van der Waals surface area (Å²) in [5, 5.41) is 3.72. The first-order chi connectivity index (χ1) is 15.3. The largest absolute Gasteiger partial charge is 0.495 e. The van der Waals surface area contributed by atoms with Gasteiger partial charge in [-0.1, -0.05) is 17.3 Å². The van der Waals surface area contributed by atoms with Crippen molar-refractivity contribution in [1.82, 2.24) is 5.16 Å². The molecule has 0 radical (unpaired) electrons. The maximum Gasteiger partial charge on any atom is 0.360 e. The van der Waals surface area contributed by atoms with Crippen LogP contribution in [0.15, 0.2) is 57.9 Å². The molecular weight excluding hydrogens is 436 g/mol. The average Bonchev–Trinajstić information content (AvgIpc) is 3.28. The van der Waals surface area contributed by atoms with Crippen molar-refractivity contribution in [2.75, 3.05) is 24.6 Å². The number of methoxy groups -OCH3 is 1. The molecule has 1 aliphatic heterocycles. The van der Waals surface area contributed by atoms with Gasteiger partial charge in [-0.15, -0.1) is 0 Å². The Hall–Kier alpha value is -3.53. The third-order valence-corrected chi connectivity index (χ3v) is 6.70. The molecule has 0 saturated carbocycles. The number of carbonyl (C=O) groups is 1. The van der Waals surface area contributed by atoms with Gasteiger partial charge in [-0.25, -0.2) is 13.2 Å². The molecule has 1 atom stereocenters. The molecule has 0 unspecified atom stereocenters. The number of rotatable bonds is 6. The first kappa shape index (κ1) is 21.7. The van der Waals surface area contributed by atoms with Crippen molar-refractivity contribution < 1.29 is 31.9 Å². The van der Waals surface area contributed by atoms with Crippen molar-refractivity contribution in [3.8, 4) is 22.8 Å². The normalized spacial score (nSPS) is 15.6. The van der Waals surface area contributed by atoms with E-state index < -0.39 is 16.0 Å². The second-order valence-corrected chi connectivity index (χ2v) is 8.93. The zero-order chi connectivity index (χ0) is 22.9. The fraction of sp³-hybridized carbons (Fsp3) is 0.273. The molecule has 0 amide bonds. The molecule has 0 bridgehead atoms. The molecular formula is C22H22N2O7S. The molecule has 0 fully saturated rings. The molecule has 3 aromatic rings. The molecule has 1 aromatic heterocycles. The van der Waals surface area contributed by atoms with Crippen LogP contribution in [0.5, 0.6) is 11.5 Å². The number of sulfonamides is 1. The predicted octanol–water partition coefficient (Wildman–Crippen LogP) is 3.50. The summed E-state index contributed by atoms with van der Waals surface area (Å²) in [4.78, 5) is 11.8. The summed E-state index contributed by atoms with van der Waals surface area (Å²) in [5.41, 5.74) is 0.863. The summed E-state index contributed by atoms with van der Waals surface area (Å²) < 4.78 is 50.1. The van der Waals surface area contributed by atoms with Gasteiger partial charge in [0.05, 0.1) is 25.9 Å². The maximum absolute atomic E-state index is 13.7. The van der Waals surface area contributed by atoms with E-state index in [1.807, 2.05) is 0 Å². The molecule has 168 valence electrons. The highest BCUT2D eigenvalue weighted by atomic mass is 32.2. The van der Waals surface area contributed by atoms with E-state index in [0.717, 1.165) is 0 Å². The number of para-hydroxylation sites is 2. The summed E-state index contributed by atoms with van der Waals surface area (Å²) in [6, 6.07) is 13.0. The van der Waals surface area contributed by atoms with Crippen LogP contribution in [0.25, 0.3) is 11.3 Å². The van der Waals surface area contributed by atoms with Crippen molar-refractivity contribution in [3.63, 3.8) is 0 Å². The SMILES string of the molecule is CCOC(=O)c1cc(-c2ccc(OC)c(S(=O)(=O)N3C[C@H](C)Oc4ccccc43)c2)on1. The summed E-state index contributed by atoms with van der Waals surface area (Å²) >= 11 is 0. The Morgan fingerprint density at radius 2 is 2.00 bits per heavy atom. The van der Waals surface area contributed by atoms with Crippen LogP contribution in [-0.4, -0.2) is 45.9 Å². The third-order valence-electron chi connectivity index (χ3n) is 4.90. The standard InChI is InChI=1S/C22H22N2O7S/c1-4-29-22(25)16-12-20(31-23-16)15-9-10-19(28-3)21(11-15)32(26,27)24-13-14(2)30-18-8-6-5-7-17(18)24/h5-12,14H,4,13H2,1-3H3/t14-/m0/s1. The molecule has 32 heavy (non-hydrogen) atoms. The summed E-state index contributed by atoms with van der Waals surface area (Å²) in [7, 11) is -2.63. The number of carbonyl (C=O) groups excluding carboxylic acids is 1. The number of anilines is 1. The van der Waals surface area contributed by atoms with Crippen LogP contribution in [0.1, 0.15) is 24.3 Å². The number of aromatic nitrogens is 1. The van der Waals surface area contributed by atoms with Crippen molar-refractivity contribution in [2.24, 2.45) is 0 Å². The number of esters is 1. The molecule has 9 nitrogen and oxygen atoms in total. The molecule has 0 aliphatic carbocycles. The Morgan fingerprint density at radius 1 is 1.22 bits per heavy atom. The van der Waals surface area contributed by atoms with Crippen LogP contribution in [-0.2, 0) is 14.8 Å². The number of benzene rings is 2. The highest BCUT2D eigenvalue weighted by Gasteiger charge is 2.35. The number of hydrogen-bond donors (Lipinski definition) is 0. The van der Waals surface area contributed by atoms with Crippen LogP contribution in [0.3, 0.4) is 0 Å². The molecule has 0 spiro atoms. The molecule has 10 heteroatoms. The zero-order valence-electron chi connectivity index (χ0n) is 17.8. The minimum Gasteiger partial charge on any atom is -0.495 e. The monoisotopic (exact) mass is 458 g/mol. The van der Waals surface area contributed by atoms with Crippen LogP contribution in [0, 0.1) is 0 Å². The van der Waals surface area contributed by atoms with E-state index in [9.17, 15) is 13.2 Å². The summed E-state index contributed by atoms with van der Waals surface area (Å²) in [5.74, 6) is 0.264. The van der Waals surface area contributed by atoms with E-state index in [0.29, 0.717) is 17.0 Å². The number of fused-ring (bicyclic) bond motifs is 1. The van der Waals surface area contributed by atoms with Gasteiger partial charge in [-0.2, -0.15) is 0 Å². The van der Waals surface area contributed by atoms with Gasteiger partial charge in [-0.05, 0) is 44.2 Å². The molecule has 1 aliphatic rings. The number of hydrogen-bond acceptors (Lipinski definition) is 8. The Labute approximate surface area is 185 Å². The lowest BCUT2D eigenvalue weighted by Crippen LogP contribution is -2.42. The van der Waals surface area contributed by atoms with Gasteiger partial charge >= 0.3 is 5.97 Å². The maximum atomic E-state index is 13.7. The summed E-state index contributed by atoms with van der Waals surface area (Å²) in [6.07, 6.45) is -0.338. The van der Waals surface area contributed by atoms with Gasteiger partial charge in [0.1, 0.15) is 22.5 Å². The first-order valence-corrected chi connectivity index (χ1v) is 11.4. The lowest BCUT2D eigenvalue weighted by Gasteiger charge is -2.34. The first-order valence-electron chi connectivity index (χ1n) is 9.95. The number of nitrogens with zero attached hydrogens (tertiary/aromatic N) is 2. The Morgan fingerprint density at radius 3 is 2.75 bits per heavy atom. The van der Waals surface area contributed by atoms with Gasteiger partial charge in [0, 0.05) is 11.6 Å². The van der Waals surface area contributed by atoms with Gasteiger partial charge in [-0.3, -0.25) is 4.31 Å². The zero-order valence-corrected chi connectivity index (χ0v) is 18.6. The van der Waals surface area contributed by atoms with Crippen LogP contribution in [0.2, 0.25) is 0 Å². The lowest BCUT2D eigenvalue weighted by atomic mass is 10.1. The van der Waals surface area contributed by atoms with Crippen molar-refractivity contribution in [2.45, 2.75) is 24.8 Å². The van der Waals surface area contributed by atoms with Crippen molar-refractivity contribution >= 4 is 21.7 Å². The minimum atomic E-state index is -4.03. The van der Waals surface area contributed by atoms with Gasteiger partial charge < -0.3 is 18.7 Å². The molecule has 0 saturated heterocycles. The Bertz CT molecular complexity index is 1250. The molecule has 2 heterocycles. The third kappa shape index (κ3) is 3.89. The topological polar surface area (TPSA) is 108 Å². The van der Waals surface area contributed by atoms with E-state index in [1.54, 1.807) is 44.2 Å². The van der Waals surface area contributed by atoms with E-state index in [2.05, 4.69) is 5.16 Å². The fourth-order valence-electron chi connectivity index (χ4n) is 3.44. The Balaban J connectivity index is 1.78. The predicted molar refractivity (Wildman–Crippen MR) is 116 cm³/mol. The van der Waals surface area contributed by atoms with Crippen molar-refractivity contribution in [3.05, 3.63) is 54.2 Å². The van der Waals surface area contributed by atoms with E-state index in [4.69, 9.17) is 18.7 Å². The summed E-state index contributed by atoms with van der Waals surface area (Å²) in [6.45, 7) is 3.83. The molecule has 2 aromatic carbocycles. The quantitative estimate of drug-likeness (QED) is 0.517. The smallest absolute Gasteiger partial charge is 0.360 e. The van der Waals surface area contributed by atoms with Crippen molar-refractivity contribution in [1.29, 1.82) is 0 Å². The average molecular weight is 458 g/mol. The second kappa shape index (κ2) is 8.54. The fourth-order valence-corrected chi connectivity index (χ4v) is 5.17. The van der Waals surface area contributed by atoms with Crippen LogP contribution in [0.4, 0.5) is 5.69 Å². The highest BCUT2D eigenvalue weighted by Crippen LogP contribution is 2.39. The highest BCUT2D eigenvalue weighted by molar-refractivity contribution is 7.93. The lowest BCUT2D eigenvalue weighted by molar-refractivity contribution is 0.0514.